The summed E-state index contributed by atoms with van der Waals surface area (Å²) in [5, 5.41) is 1.31. The number of hydrogen-bond acceptors (Lipinski definition) is 2. The molecule has 3 rings (SSSR count). The highest BCUT2D eigenvalue weighted by Crippen LogP contribution is 2.21. The van der Waals surface area contributed by atoms with Crippen molar-refractivity contribution in [3.63, 3.8) is 0 Å². The van der Waals surface area contributed by atoms with Crippen LogP contribution in [0.25, 0.3) is 10.8 Å². The first-order valence-corrected chi connectivity index (χ1v) is 7.06. The molecule has 104 valence electrons. The number of pyridine rings is 1. The van der Waals surface area contributed by atoms with Gasteiger partial charge in [-0.1, -0.05) is 25.1 Å². The van der Waals surface area contributed by atoms with Crippen LogP contribution in [0.1, 0.15) is 30.1 Å². The second-order valence-electron chi connectivity index (χ2n) is 5.55. The van der Waals surface area contributed by atoms with Crippen molar-refractivity contribution >= 4 is 16.7 Å². The Hall–Kier alpha value is -2.10. The van der Waals surface area contributed by atoms with Crippen molar-refractivity contribution in [3.05, 3.63) is 46.4 Å². The van der Waals surface area contributed by atoms with Gasteiger partial charge < -0.3 is 9.88 Å². The first-order valence-electron chi connectivity index (χ1n) is 7.06. The lowest BCUT2D eigenvalue weighted by Crippen LogP contribution is -2.38. The third-order valence-electron chi connectivity index (χ3n) is 4.11. The molecule has 0 spiro atoms. The highest BCUT2D eigenvalue weighted by molar-refractivity contribution is 6.06. The van der Waals surface area contributed by atoms with Crippen LogP contribution < -0.4 is 5.56 Å². The third kappa shape index (κ3) is 2.22. The SMILES string of the molecule is CC1CCN(C(=O)c2c[nH]c(=O)c3ccccc23)CC1. The maximum Gasteiger partial charge on any atom is 0.255 e. The number of likely N-dealkylation sites (tertiary alicyclic amines) is 1. The van der Waals surface area contributed by atoms with Gasteiger partial charge >= 0.3 is 0 Å². The number of aromatic nitrogens is 1. The normalized spacial score (nSPS) is 16.6. The topological polar surface area (TPSA) is 53.2 Å². The number of nitrogens with one attached hydrogen (secondary N) is 1. The van der Waals surface area contributed by atoms with Gasteiger partial charge in [-0.3, -0.25) is 9.59 Å². The molecule has 1 aromatic carbocycles. The lowest BCUT2D eigenvalue weighted by molar-refractivity contribution is 0.0699. The Bertz CT molecular complexity index is 697. The molecular weight excluding hydrogens is 252 g/mol. The number of benzene rings is 1. The van der Waals surface area contributed by atoms with Gasteiger partial charge in [0.15, 0.2) is 0 Å². The van der Waals surface area contributed by atoms with Crippen molar-refractivity contribution in [1.82, 2.24) is 9.88 Å². The molecule has 2 heterocycles. The van der Waals surface area contributed by atoms with E-state index in [1.165, 1.54) is 0 Å². The van der Waals surface area contributed by atoms with Gasteiger partial charge in [-0.15, -0.1) is 0 Å². The molecule has 1 amide bonds. The van der Waals surface area contributed by atoms with Crippen molar-refractivity contribution in [3.8, 4) is 0 Å². The van der Waals surface area contributed by atoms with E-state index < -0.39 is 0 Å². The van der Waals surface area contributed by atoms with Crippen LogP contribution in [0.5, 0.6) is 0 Å². The fourth-order valence-corrected chi connectivity index (χ4v) is 2.77. The van der Waals surface area contributed by atoms with Gasteiger partial charge in [0.2, 0.25) is 0 Å². The first kappa shape index (κ1) is 12.9. The zero-order valence-corrected chi connectivity index (χ0v) is 11.6. The van der Waals surface area contributed by atoms with Gasteiger partial charge in [0.1, 0.15) is 0 Å². The fraction of sp³-hybridized carbons (Fsp3) is 0.375. The fourth-order valence-electron chi connectivity index (χ4n) is 2.77. The number of H-pyrrole nitrogens is 1. The molecule has 20 heavy (non-hydrogen) atoms. The summed E-state index contributed by atoms with van der Waals surface area (Å²) < 4.78 is 0. The lowest BCUT2D eigenvalue weighted by atomic mass is 9.98. The number of piperidine rings is 1. The Labute approximate surface area is 117 Å². The van der Waals surface area contributed by atoms with Crippen LogP contribution in [0.15, 0.2) is 35.3 Å². The zero-order chi connectivity index (χ0) is 14.1. The quantitative estimate of drug-likeness (QED) is 0.865. The molecule has 1 aromatic heterocycles. The largest absolute Gasteiger partial charge is 0.339 e. The van der Waals surface area contributed by atoms with Crippen LogP contribution in [0, 0.1) is 5.92 Å². The van der Waals surface area contributed by atoms with Crippen molar-refractivity contribution in [2.75, 3.05) is 13.1 Å². The summed E-state index contributed by atoms with van der Waals surface area (Å²) in [4.78, 5) is 29.0. The summed E-state index contributed by atoms with van der Waals surface area (Å²) in [6.07, 6.45) is 3.64. The number of carbonyl (C=O) groups is 1. The number of amides is 1. The number of aromatic amines is 1. The van der Waals surface area contributed by atoms with Gasteiger partial charge in [-0.05, 0) is 24.8 Å². The van der Waals surface area contributed by atoms with Gasteiger partial charge in [0, 0.05) is 30.1 Å². The minimum atomic E-state index is -0.149. The molecule has 0 unspecified atom stereocenters. The molecular formula is C16H18N2O2. The standard InChI is InChI=1S/C16H18N2O2/c1-11-6-8-18(9-7-11)16(20)14-10-17-15(19)13-5-3-2-4-12(13)14/h2-5,10-11H,6-9H2,1H3,(H,17,19). The van der Waals surface area contributed by atoms with E-state index in [1.807, 2.05) is 23.1 Å². The summed E-state index contributed by atoms with van der Waals surface area (Å²) in [7, 11) is 0. The summed E-state index contributed by atoms with van der Waals surface area (Å²) in [6.45, 7) is 3.82. The van der Waals surface area contributed by atoms with Crippen LogP contribution in [0.4, 0.5) is 0 Å². The molecule has 0 bridgehead atoms. The molecule has 0 aliphatic carbocycles. The summed E-state index contributed by atoms with van der Waals surface area (Å²) in [5.74, 6) is 0.704. The Morgan fingerprint density at radius 2 is 1.85 bits per heavy atom. The molecule has 4 heteroatoms. The molecule has 0 atom stereocenters. The second-order valence-corrected chi connectivity index (χ2v) is 5.55. The minimum absolute atomic E-state index is 0.0179. The van der Waals surface area contributed by atoms with Gasteiger partial charge in [0.25, 0.3) is 11.5 Å². The van der Waals surface area contributed by atoms with E-state index in [0.29, 0.717) is 16.9 Å². The predicted octanol–water partition coefficient (Wildman–Crippen LogP) is 2.40. The van der Waals surface area contributed by atoms with E-state index in [-0.39, 0.29) is 11.5 Å². The van der Waals surface area contributed by atoms with E-state index >= 15 is 0 Å². The van der Waals surface area contributed by atoms with Crippen LogP contribution in [0.3, 0.4) is 0 Å². The molecule has 1 N–H and O–H groups in total. The molecule has 1 fully saturated rings. The number of carbonyl (C=O) groups excluding carboxylic acids is 1. The molecule has 0 radical (unpaired) electrons. The van der Waals surface area contributed by atoms with Crippen LogP contribution in [-0.2, 0) is 0 Å². The van der Waals surface area contributed by atoms with E-state index in [9.17, 15) is 9.59 Å². The highest BCUT2D eigenvalue weighted by atomic mass is 16.2. The number of rotatable bonds is 1. The lowest BCUT2D eigenvalue weighted by Gasteiger charge is -2.30. The average molecular weight is 270 g/mol. The molecule has 1 aliphatic heterocycles. The van der Waals surface area contributed by atoms with E-state index in [1.54, 1.807) is 12.3 Å². The van der Waals surface area contributed by atoms with Crippen molar-refractivity contribution in [1.29, 1.82) is 0 Å². The van der Waals surface area contributed by atoms with Crippen LogP contribution in [-0.4, -0.2) is 28.9 Å². The summed E-state index contributed by atoms with van der Waals surface area (Å²) in [5.41, 5.74) is 0.444. The summed E-state index contributed by atoms with van der Waals surface area (Å²) in [6, 6.07) is 7.26. The maximum absolute atomic E-state index is 12.6. The monoisotopic (exact) mass is 270 g/mol. The minimum Gasteiger partial charge on any atom is -0.339 e. The van der Waals surface area contributed by atoms with Crippen LogP contribution >= 0.6 is 0 Å². The highest BCUT2D eigenvalue weighted by Gasteiger charge is 2.23. The van der Waals surface area contributed by atoms with E-state index in [4.69, 9.17) is 0 Å². The van der Waals surface area contributed by atoms with Crippen molar-refractivity contribution < 1.29 is 4.79 Å². The number of nitrogens with zero attached hydrogens (tertiary/aromatic N) is 1. The van der Waals surface area contributed by atoms with Crippen LogP contribution in [0.2, 0.25) is 0 Å². The third-order valence-corrected chi connectivity index (χ3v) is 4.11. The molecule has 4 nitrogen and oxygen atoms in total. The van der Waals surface area contributed by atoms with Gasteiger partial charge in [-0.25, -0.2) is 0 Å². The second kappa shape index (κ2) is 5.12. The molecule has 2 aromatic rings. The Morgan fingerprint density at radius 1 is 1.20 bits per heavy atom. The number of fused-ring (bicyclic) bond motifs is 1. The van der Waals surface area contributed by atoms with Gasteiger partial charge in [-0.2, -0.15) is 0 Å². The predicted molar refractivity (Wildman–Crippen MR) is 78.9 cm³/mol. The average Bonchev–Trinajstić information content (AvgIpc) is 2.48. The molecule has 1 aliphatic rings. The van der Waals surface area contributed by atoms with Gasteiger partial charge in [0.05, 0.1) is 5.56 Å². The van der Waals surface area contributed by atoms with Crippen molar-refractivity contribution in [2.24, 2.45) is 5.92 Å². The number of hydrogen-bond donors (Lipinski definition) is 1. The summed E-state index contributed by atoms with van der Waals surface area (Å²) >= 11 is 0. The van der Waals surface area contributed by atoms with Crippen molar-refractivity contribution in [2.45, 2.75) is 19.8 Å². The smallest absolute Gasteiger partial charge is 0.255 e. The Balaban J connectivity index is 2.00. The zero-order valence-electron chi connectivity index (χ0n) is 11.6. The first-order chi connectivity index (χ1) is 9.66. The molecule has 0 saturated carbocycles. The van der Waals surface area contributed by atoms with E-state index in [0.717, 1.165) is 31.3 Å². The molecule has 1 saturated heterocycles. The Kier molecular flexibility index (Phi) is 3.30. The maximum atomic E-state index is 12.6. The van der Waals surface area contributed by atoms with E-state index in [2.05, 4.69) is 11.9 Å². The Morgan fingerprint density at radius 3 is 2.55 bits per heavy atom.